The lowest BCUT2D eigenvalue weighted by atomic mass is 9.86. The van der Waals surface area contributed by atoms with Crippen LogP contribution in [-0.2, 0) is 11.2 Å². The van der Waals surface area contributed by atoms with Crippen molar-refractivity contribution in [2.75, 3.05) is 30.9 Å². The fourth-order valence-corrected chi connectivity index (χ4v) is 3.46. The molecule has 0 radical (unpaired) electrons. The molecule has 27 heavy (non-hydrogen) atoms. The Bertz CT molecular complexity index is 726. The number of anilines is 2. The van der Waals surface area contributed by atoms with Crippen molar-refractivity contribution in [3.8, 4) is 0 Å². The molecule has 1 fully saturated rings. The summed E-state index contributed by atoms with van der Waals surface area (Å²) in [6.07, 6.45) is 6.62. The number of amides is 1. The van der Waals surface area contributed by atoms with E-state index >= 15 is 0 Å². The molecule has 2 N–H and O–H groups in total. The number of nitrogens with one attached hydrogen (secondary N) is 2. The average molecular weight is 367 g/mol. The molecule has 1 aromatic heterocycles. The highest BCUT2D eigenvalue weighted by Gasteiger charge is 2.22. The Hall–Kier alpha value is -2.63. The van der Waals surface area contributed by atoms with E-state index in [1.807, 2.05) is 55.4 Å². The van der Waals surface area contributed by atoms with Crippen LogP contribution in [-0.4, -0.2) is 42.6 Å². The largest absolute Gasteiger partial charge is 0.363 e. The van der Waals surface area contributed by atoms with Crippen molar-refractivity contribution in [2.24, 2.45) is 5.92 Å². The van der Waals surface area contributed by atoms with E-state index in [9.17, 15) is 4.79 Å². The number of aromatic nitrogens is 2. The molecule has 1 saturated carbocycles. The average Bonchev–Trinajstić information content (AvgIpc) is 2.68. The van der Waals surface area contributed by atoms with Crippen LogP contribution in [0.1, 0.15) is 31.2 Å². The highest BCUT2D eigenvalue weighted by molar-refractivity contribution is 5.78. The number of nitrogens with zero attached hydrogens (tertiary/aromatic N) is 3. The van der Waals surface area contributed by atoms with Gasteiger partial charge in [-0.1, -0.05) is 30.3 Å². The van der Waals surface area contributed by atoms with Gasteiger partial charge in [0.1, 0.15) is 5.82 Å². The van der Waals surface area contributed by atoms with Gasteiger partial charge in [-0.15, -0.1) is 0 Å². The van der Waals surface area contributed by atoms with E-state index in [1.54, 1.807) is 6.20 Å². The Morgan fingerprint density at radius 2 is 1.85 bits per heavy atom. The Morgan fingerprint density at radius 3 is 2.56 bits per heavy atom. The second-order valence-electron chi connectivity index (χ2n) is 7.46. The minimum Gasteiger partial charge on any atom is -0.363 e. The molecule has 0 aliphatic heterocycles. The number of hydrogen-bond acceptors (Lipinski definition) is 5. The fraction of sp³-hybridized carbons (Fsp3) is 0.476. The topological polar surface area (TPSA) is 70.2 Å². The summed E-state index contributed by atoms with van der Waals surface area (Å²) < 4.78 is 0. The van der Waals surface area contributed by atoms with Crippen LogP contribution < -0.4 is 15.5 Å². The lowest BCUT2D eigenvalue weighted by Gasteiger charge is -2.29. The first-order valence-corrected chi connectivity index (χ1v) is 9.67. The highest BCUT2D eigenvalue weighted by Crippen LogP contribution is 2.25. The zero-order valence-electron chi connectivity index (χ0n) is 16.2. The van der Waals surface area contributed by atoms with Crippen LogP contribution in [0.2, 0.25) is 0 Å². The first kappa shape index (κ1) is 19.1. The first-order chi connectivity index (χ1) is 13.1. The molecule has 1 amide bonds. The van der Waals surface area contributed by atoms with E-state index in [4.69, 9.17) is 0 Å². The van der Waals surface area contributed by atoms with Gasteiger partial charge in [-0.3, -0.25) is 4.79 Å². The molecule has 0 bridgehead atoms. The summed E-state index contributed by atoms with van der Waals surface area (Å²) in [4.78, 5) is 22.9. The van der Waals surface area contributed by atoms with Crippen molar-refractivity contribution in [3.63, 3.8) is 0 Å². The Labute approximate surface area is 161 Å². The van der Waals surface area contributed by atoms with Crippen molar-refractivity contribution in [1.29, 1.82) is 0 Å². The minimum absolute atomic E-state index is 0.107. The van der Waals surface area contributed by atoms with Crippen LogP contribution >= 0.6 is 0 Å². The van der Waals surface area contributed by atoms with Gasteiger partial charge in [0.05, 0.1) is 6.42 Å². The molecule has 3 rings (SSSR count). The lowest BCUT2D eigenvalue weighted by Crippen LogP contribution is -2.34. The zero-order valence-corrected chi connectivity index (χ0v) is 16.2. The van der Waals surface area contributed by atoms with Gasteiger partial charge in [0.25, 0.3) is 0 Å². The maximum Gasteiger partial charge on any atom is 0.224 e. The smallest absolute Gasteiger partial charge is 0.224 e. The molecule has 6 heteroatoms. The van der Waals surface area contributed by atoms with E-state index < -0.39 is 0 Å². The van der Waals surface area contributed by atoms with Gasteiger partial charge in [-0.25, -0.2) is 4.98 Å². The maximum absolute atomic E-state index is 12.1. The van der Waals surface area contributed by atoms with Crippen LogP contribution in [0.3, 0.4) is 0 Å². The van der Waals surface area contributed by atoms with Gasteiger partial charge in [0.2, 0.25) is 11.9 Å². The molecule has 1 aliphatic carbocycles. The predicted octanol–water partition coefficient (Wildman–Crippen LogP) is 2.87. The van der Waals surface area contributed by atoms with Crippen LogP contribution in [0.5, 0.6) is 0 Å². The Kier molecular flexibility index (Phi) is 6.63. The van der Waals surface area contributed by atoms with Crippen molar-refractivity contribution in [1.82, 2.24) is 15.3 Å². The third-order valence-corrected chi connectivity index (χ3v) is 5.07. The van der Waals surface area contributed by atoms with Crippen molar-refractivity contribution in [2.45, 2.75) is 38.1 Å². The van der Waals surface area contributed by atoms with Crippen LogP contribution in [0.15, 0.2) is 42.6 Å². The molecular formula is C21H29N5O. The Balaban J connectivity index is 1.39. The molecule has 1 heterocycles. The van der Waals surface area contributed by atoms with E-state index in [0.717, 1.165) is 43.6 Å². The fourth-order valence-electron chi connectivity index (χ4n) is 3.46. The predicted molar refractivity (Wildman–Crippen MR) is 109 cm³/mol. The molecule has 144 valence electrons. The number of benzene rings is 1. The zero-order chi connectivity index (χ0) is 19.1. The van der Waals surface area contributed by atoms with E-state index in [-0.39, 0.29) is 5.91 Å². The van der Waals surface area contributed by atoms with E-state index in [1.165, 1.54) is 0 Å². The summed E-state index contributed by atoms with van der Waals surface area (Å²) in [6.45, 7) is 0.769. The van der Waals surface area contributed by atoms with Crippen molar-refractivity contribution in [3.05, 3.63) is 48.2 Å². The third kappa shape index (κ3) is 5.94. The normalized spacial score (nSPS) is 19.3. The molecule has 0 atom stereocenters. The van der Waals surface area contributed by atoms with Crippen molar-refractivity contribution >= 4 is 17.7 Å². The minimum atomic E-state index is 0.107. The number of hydrogen-bond donors (Lipinski definition) is 2. The van der Waals surface area contributed by atoms with E-state index in [0.29, 0.717) is 24.3 Å². The lowest BCUT2D eigenvalue weighted by molar-refractivity contribution is -0.120. The molecule has 2 aromatic rings. The van der Waals surface area contributed by atoms with Gasteiger partial charge in [-0.2, -0.15) is 4.98 Å². The second kappa shape index (κ2) is 9.35. The number of rotatable bonds is 7. The Morgan fingerprint density at radius 1 is 1.11 bits per heavy atom. The summed E-state index contributed by atoms with van der Waals surface area (Å²) in [5, 5.41) is 6.55. The van der Waals surface area contributed by atoms with Gasteiger partial charge < -0.3 is 15.5 Å². The van der Waals surface area contributed by atoms with Gasteiger partial charge in [0.15, 0.2) is 0 Å². The maximum atomic E-state index is 12.1. The molecule has 0 spiro atoms. The van der Waals surface area contributed by atoms with Gasteiger partial charge in [-0.05, 0) is 43.2 Å². The third-order valence-electron chi connectivity index (χ3n) is 5.07. The monoisotopic (exact) mass is 367 g/mol. The molecule has 1 aliphatic rings. The summed E-state index contributed by atoms with van der Waals surface area (Å²) in [6, 6.07) is 12.2. The van der Waals surface area contributed by atoms with Crippen LogP contribution in [0.25, 0.3) is 0 Å². The first-order valence-electron chi connectivity index (χ1n) is 9.67. The number of carbonyl (C=O) groups is 1. The SMILES string of the molecule is CN(C)c1ccnc(N[C@H]2CC[C@@H](CNC(=O)Cc3ccccc3)CC2)n1. The van der Waals surface area contributed by atoms with Crippen molar-refractivity contribution < 1.29 is 4.79 Å². The molecular weight excluding hydrogens is 338 g/mol. The molecule has 0 saturated heterocycles. The molecule has 1 aromatic carbocycles. The summed E-state index contributed by atoms with van der Waals surface area (Å²) in [5.74, 6) is 2.26. The second-order valence-corrected chi connectivity index (χ2v) is 7.46. The van der Waals surface area contributed by atoms with Gasteiger partial charge >= 0.3 is 0 Å². The highest BCUT2D eigenvalue weighted by atomic mass is 16.1. The summed E-state index contributed by atoms with van der Waals surface area (Å²) in [5.41, 5.74) is 1.06. The molecule has 0 unspecified atom stereocenters. The summed E-state index contributed by atoms with van der Waals surface area (Å²) >= 11 is 0. The number of carbonyl (C=O) groups excluding carboxylic acids is 1. The van der Waals surface area contributed by atoms with Crippen LogP contribution in [0.4, 0.5) is 11.8 Å². The van der Waals surface area contributed by atoms with E-state index in [2.05, 4.69) is 20.6 Å². The van der Waals surface area contributed by atoms with Crippen LogP contribution in [0, 0.1) is 5.92 Å². The molecule has 6 nitrogen and oxygen atoms in total. The van der Waals surface area contributed by atoms with Gasteiger partial charge in [0, 0.05) is 32.9 Å². The summed E-state index contributed by atoms with van der Waals surface area (Å²) in [7, 11) is 3.95. The standard InChI is InChI=1S/C21H29N5O/c1-26(2)19-12-13-22-21(25-19)24-18-10-8-17(9-11-18)15-23-20(27)14-16-6-4-3-5-7-16/h3-7,12-13,17-18H,8-11,14-15H2,1-2H3,(H,23,27)(H,22,24,25)/t17-,18+. The quantitative estimate of drug-likeness (QED) is 0.787.